The summed E-state index contributed by atoms with van der Waals surface area (Å²) in [5.74, 6) is 1.56. The molecule has 1 aliphatic heterocycles. The van der Waals surface area contributed by atoms with Crippen molar-refractivity contribution in [3.05, 3.63) is 65.7 Å². The van der Waals surface area contributed by atoms with E-state index >= 15 is 0 Å². The summed E-state index contributed by atoms with van der Waals surface area (Å²) in [6.07, 6.45) is 6.46. The third kappa shape index (κ3) is 3.17. The Kier molecular flexibility index (Phi) is 4.74. The highest BCUT2D eigenvalue weighted by Crippen LogP contribution is 2.37. The Hall–Kier alpha value is -1.87. The smallest absolute Gasteiger partial charge is 0.130 e. The van der Waals surface area contributed by atoms with Crippen LogP contribution < -0.4 is 10.1 Å². The number of ether oxygens (including phenoxy) is 1. The monoisotopic (exact) mass is 273 g/mol. The van der Waals surface area contributed by atoms with Crippen molar-refractivity contribution in [3.8, 4) is 5.75 Å². The van der Waals surface area contributed by atoms with Gasteiger partial charge in [0.15, 0.2) is 0 Å². The van der Waals surface area contributed by atoms with Crippen molar-refractivity contribution in [2.75, 3.05) is 13.6 Å². The number of fused-ring (bicyclic) bond motifs is 1. The number of hydrogen-bond donors (Lipinski definition) is 1. The van der Waals surface area contributed by atoms with Crippen LogP contribution in [0.1, 0.15) is 24.8 Å². The second kappa shape index (κ2) is 6.53. The van der Waals surface area contributed by atoms with Gasteiger partial charge in [0.2, 0.25) is 0 Å². The summed E-state index contributed by atoms with van der Waals surface area (Å²) in [4.78, 5) is 0. The van der Waals surface area contributed by atoms with E-state index in [9.17, 15) is 4.39 Å². The van der Waals surface area contributed by atoms with Crippen LogP contribution in [0, 0.1) is 5.82 Å². The van der Waals surface area contributed by atoms with Crippen molar-refractivity contribution in [3.63, 3.8) is 0 Å². The molecule has 0 amide bonds. The van der Waals surface area contributed by atoms with Gasteiger partial charge in [0.1, 0.15) is 17.3 Å². The summed E-state index contributed by atoms with van der Waals surface area (Å²) in [6, 6.07) is 4.72. The molecule has 2 rings (SSSR count). The van der Waals surface area contributed by atoms with Gasteiger partial charge in [0, 0.05) is 18.0 Å². The van der Waals surface area contributed by atoms with Gasteiger partial charge in [-0.1, -0.05) is 24.8 Å². The molecule has 106 valence electrons. The van der Waals surface area contributed by atoms with Gasteiger partial charge in [-0.15, -0.1) is 0 Å². The van der Waals surface area contributed by atoms with E-state index in [1.165, 1.54) is 6.07 Å². The number of hydrogen-bond acceptors (Lipinski definition) is 2. The second-order valence-electron chi connectivity index (χ2n) is 4.92. The molecule has 3 heteroatoms. The lowest BCUT2D eigenvalue weighted by Crippen LogP contribution is -2.17. The molecule has 1 aromatic carbocycles. The summed E-state index contributed by atoms with van der Waals surface area (Å²) < 4.78 is 19.4. The summed E-state index contributed by atoms with van der Waals surface area (Å²) in [7, 11) is 1.90. The van der Waals surface area contributed by atoms with Crippen molar-refractivity contribution in [2.45, 2.75) is 19.3 Å². The van der Waals surface area contributed by atoms with Crippen molar-refractivity contribution >= 4 is 0 Å². The summed E-state index contributed by atoms with van der Waals surface area (Å²) >= 11 is 0. The number of nitrogens with one attached hydrogen (secondary N) is 1. The van der Waals surface area contributed by atoms with Crippen LogP contribution in [-0.2, 0) is 0 Å². The largest absolute Gasteiger partial charge is 0.461 e. The van der Waals surface area contributed by atoms with Crippen molar-refractivity contribution in [1.82, 2.24) is 5.32 Å². The quantitative estimate of drug-likeness (QED) is 0.839. The summed E-state index contributed by atoms with van der Waals surface area (Å²) in [5, 5.41) is 3.17. The van der Waals surface area contributed by atoms with E-state index in [1.807, 2.05) is 26.1 Å². The van der Waals surface area contributed by atoms with Crippen LogP contribution >= 0.6 is 0 Å². The van der Waals surface area contributed by atoms with Gasteiger partial charge in [0.25, 0.3) is 0 Å². The number of allylic oxidation sites excluding steroid dienone is 5. The zero-order chi connectivity index (χ0) is 14.5. The lowest BCUT2D eigenvalue weighted by molar-refractivity contribution is 0.421. The lowest BCUT2D eigenvalue weighted by atomic mass is 9.91. The predicted molar refractivity (Wildman–Crippen MR) is 80.3 cm³/mol. The molecule has 1 atom stereocenters. The molecule has 0 bridgehead atoms. The molecule has 0 aliphatic carbocycles. The number of likely N-dealkylation sites (N-methyl/N-ethyl adjacent to an activating group) is 1. The molecule has 0 saturated carbocycles. The molecule has 0 unspecified atom stereocenters. The molecule has 1 heterocycles. The maximum Gasteiger partial charge on any atom is 0.130 e. The van der Waals surface area contributed by atoms with Crippen LogP contribution in [0.3, 0.4) is 0 Å². The van der Waals surface area contributed by atoms with Crippen LogP contribution in [0.2, 0.25) is 0 Å². The molecule has 0 fully saturated rings. The third-order valence-corrected chi connectivity index (χ3v) is 3.48. The Labute approximate surface area is 119 Å². The molecule has 1 aliphatic rings. The Bertz CT molecular complexity index is 560. The van der Waals surface area contributed by atoms with E-state index in [0.717, 1.165) is 35.6 Å². The van der Waals surface area contributed by atoms with E-state index in [0.29, 0.717) is 0 Å². The topological polar surface area (TPSA) is 21.3 Å². The fraction of sp³-hybridized carbons (Fsp3) is 0.294. The zero-order valence-electron chi connectivity index (χ0n) is 11.9. The van der Waals surface area contributed by atoms with Crippen molar-refractivity contribution in [1.29, 1.82) is 0 Å². The summed E-state index contributed by atoms with van der Waals surface area (Å²) in [5.41, 5.74) is 2.03. The highest BCUT2D eigenvalue weighted by molar-refractivity contribution is 5.43. The molecular formula is C17H20FNO. The molecule has 0 saturated heterocycles. The van der Waals surface area contributed by atoms with Gasteiger partial charge >= 0.3 is 0 Å². The third-order valence-electron chi connectivity index (χ3n) is 3.48. The van der Waals surface area contributed by atoms with Crippen molar-refractivity contribution < 1.29 is 9.13 Å². The first-order chi connectivity index (χ1) is 9.65. The highest BCUT2D eigenvalue weighted by atomic mass is 19.1. The number of rotatable bonds is 4. The molecule has 1 aromatic rings. The van der Waals surface area contributed by atoms with Crippen LogP contribution in [0.15, 0.2) is 54.3 Å². The molecule has 2 nitrogen and oxygen atoms in total. The average molecular weight is 273 g/mol. The van der Waals surface area contributed by atoms with E-state index in [-0.39, 0.29) is 11.7 Å². The molecule has 0 radical (unpaired) electrons. The van der Waals surface area contributed by atoms with Gasteiger partial charge < -0.3 is 10.1 Å². The standard InChI is InChI=1S/C17H20FNO/c1-4-5-6-13-9-14(11-19-3)16-10-15(18)7-8-17(16)20-12(13)2/h4-8,10,14,19H,1,9,11H2,2-3H3/b6-5-/t14-/m0/s1. The minimum Gasteiger partial charge on any atom is -0.461 e. The molecular weight excluding hydrogens is 253 g/mol. The number of halogens is 1. The minimum absolute atomic E-state index is 0.188. The fourth-order valence-corrected chi connectivity index (χ4v) is 2.48. The Balaban J connectivity index is 2.43. The highest BCUT2D eigenvalue weighted by Gasteiger charge is 2.22. The normalized spacial score (nSPS) is 18.6. The molecule has 0 spiro atoms. The Morgan fingerprint density at radius 3 is 3.00 bits per heavy atom. The van der Waals surface area contributed by atoms with Crippen LogP contribution in [0.5, 0.6) is 5.75 Å². The second-order valence-corrected chi connectivity index (χ2v) is 4.92. The first-order valence-corrected chi connectivity index (χ1v) is 6.76. The van der Waals surface area contributed by atoms with Gasteiger partial charge in [-0.2, -0.15) is 0 Å². The SMILES string of the molecule is C=C/C=C\C1=C(C)Oc2ccc(F)cc2[C@H](CNC)C1. The lowest BCUT2D eigenvalue weighted by Gasteiger charge is -2.16. The fourth-order valence-electron chi connectivity index (χ4n) is 2.48. The molecule has 0 aromatic heterocycles. The van der Waals surface area contributed by atoms with Crippen LogP contribution in [0.4, 0.5) is 4.39 Å². The Morgan fingerprint density at radius 2 is 2.30 bits per heavy atom. The zero-order valence-corrected chi connectivity index (χ0v) is 11.9. The van der Waals surface area contributed by atoms with E-state index in [4.69, 9.17) is 4.74 Å². The first-order valence-electron chi connectivity index (χ1n) is 6.76. The van der Waals surface area contributed by atoms with Gasteiger partial charge in [-0.3, -0.25) is 0 Å². The maximum atomic E-state index is 13.5. The van der Waals surface area contributed by atoms with Gasteiger partial charge in [-0.05, 0) is 44.2 Å². The van der Waals surface area contributed by atoms with Crippen LogP contribution in [-0.4, -0.2) is 13.6 Å². The van der Waals surface area contributed by atoms with Gasteiger partial charge in [-0.25, -0.2) is 4.39 Å². The maximum absolute atomic E-state index is 13.5. The first kappa shape index (κ1) is 14.5. The van der Waals surface area contributed by atoms with Crippen LogP contribution in [0.25, 0.3) is 0 Å². The average Bonchev–Trinajstić information content (AvgIpc) is 2.55. The minimum atomic E-state index is -0.226. The number of benzene rings is 1. The molecule has 20 heavy (non-hydrogen) atoms. The van der Waals surface area contributed by atoms with E-state index < -0.39 is 0 Å². The van der Waals surface area contributed by atoms with E-state index in [1.54, 1.807) is 18.2 Å². The van der Waals surface area contributed by atoms with Gasteiger partial charge in [0.05, 0.1) is 0 Å². The molecule has 1 N–H and O–H groups in total. The van der Waals surface area contributed by atoms with E-state index in [2.05, 4.69) is 11.9 Å². The summed E-state index contributed by atoms with van der Waals surface area (Å²) in [6.45, 7) is 6.41. The Morgan fingerprint density at radius 1 is 1.50 bits per heavy atom. The van der Waals surface area contributed by atoms with Crippen molar-refractivity contribution in [2.24, 2.45) is 0 Å². The predicted octanol–water partition coefficient (Wildman–Crippen LogP) is 3.93.